The van der Waals surface area contributed by atoms with E-state index >= 15 is 0 Å². The number of carbonyl (C=O) groups excluding carboxylic acids is 1. The Morgan fingerprint density at radius 3 is 2.31 bits per heavy atom. The van der Waals surface area contributed by atoms with Crippen LogP contribution in [0.2, 0.25) is 0 Å². The molecule has 4 aromatic rings. The second-order valence-corrected chi connectivity index (χ2v) is 7.21. The van der Waals surface area contributed by atoms with E-state index in [1.54, 1.807) is 0 Å². The maximum atomic E-state index is 13.1. The largest absolute Gasteiger partial charge is 0.457 e. The summed E-state index contributed by atoms with van der Waals surface area (Å²) in [6.45, 7) is 0.595. The van der Waals surface area contributed by atoms with E-state index in [0.717, 1.165) is 52.3 Å². The van der Waals surface area contributed by atoms with Gasteiger partial charge in [0.1, 0.15) is 17.3 Å². The average Bonchev–Trinajstić information content (AvgIpc) is 3.17. The monoisotopic (exact) mass is 383 g/mol. The molecule has 0 spiro atoms. The van der Waals surface area contributed by atoms with Crippen molar-refractivity contribution in [3.8, 4) is 11.5 Å². The zero-order chi connectivity index (χ0) is 19.6. The lowest BCUT2D eigenvalue weighted by atomic mass is 9.87. The summed E-state index contributed by atoms with van der Waals surface area (Å²) < 4.78 is 5.98. The summed E-state index contributed by atoms with van der Waals surface area (Å²) in [5, 5.41) is 3.10. The number of ether oxygens (including phenoxy) is 1. The molecule has 2 heterocycles. The molecule has 1 aliphatic rings. The average molecular weight is 383 g/mol. The fourth-order valence-corrected chi connectivity index (χ4v) is 3.89. The molecule has 144 valence electrons. The first-order valence-electron chi connectivity index (χ1n) is 9.86. The first-order chi connectivity index (χ1) is 14.3. The lowest BCUT2D eigenvalue weighted by Crippen LogP contribution is -2.32. The highest BCUT2D eigenvalue weighted by Gasteiger charge is 2.32. The van der Waals surface area contributed by atoms with Gasteiger partial charge in [0.2, 0.25) is 5.91 Å². The van der Waals surface area contributed by atoms with Gasteiger partial charge in [-0.15, -0.1) is 0 Å². The smallest absolute Gasteiger partial charge is 0.232 e. The minimum Gasteiger partial charge on any atom is -0.457 e. The number of amides is 1. The molecule has 2 N–H and O–H groups in total. The third kappa shape index (κ3) is 3.36. The van der Waals surface area contributed by atoms with E-state index < -0.39 is 0 Å². The van der Waals surface area contributed by atoms with E-state index in [9.17, 15) is 4.79 Å². The Kier molecular flexibility index (Phi) is 4.48. The Bertz CT molecular complexity index is 1100. The molecule has 5 rings (SSSR count). The van der Waals surface area contributed by atoms with Crippen LogP contribution in [0.1, 0.15) is 29.3 Å². The molecule has 0 saturated carbocycles. The van der Waals surface area contributed by atoms with Crippen molar-refractivity contribution in [2.24, 2.45) is 0 Å². The molecule has 0 unspecified atom stereocenters. The van der Waals surface area contributed by atoms with Gasteiger partial charge in [-0.3, -0.25) is 4.79 Å². The van der Waals surface area contributed by atoms with Gasteiger partial charge in [0.05, 0.1) is 17.0 Å². The van der Waals surface area contributed by atoms with Crippen LogP contribution in [0.25, 0.3) is 11.0 Å². The number of benzene rings is 3. The van der Waals surface area contributed by atoms with Crippen LogP contribution < -0.4 is 10.1 Å². The van der Waals surface area contributed by atoms with Gasteiger partial charge in [0.25, 0.3) is 0 Å². The number of hydrogen-bond acceptors (Lipinski definition) is 3. The predicted octanol–water partition coefficient (Wildman–Crippen LogP) is 4.55. The zero-order valence-electron chi connectivity index (χ0n) is 15.9. The second-order valence-electron chi connectivity index (χ2n) is 7.21. The quantitative estimate of drug-likeness (QED) is 0.497. The number of carbonyl (C=O) groups is 1. The molecule has 0 bridgehead atoms. The van der Waals surface area contributed by atoms with Gasteiger partial charge in [-0.2, -0.15) is 0 Å². The summed E-state index contributed by atoms with van der Waals surface area (Å²) >= 11 is 0. The second kappa shape index (κ2) is 7.43. The van der Waals surface area contributed by atoms with Gasteiger partial charge in [0, 0.05) is 24.1 Å². The Hall–Kier alpha value is -3.60. The van der Waals surface area contributed by atoms with E-state index in [2.05, 4.69) is 15.3 Å². The van der Waals surface area contributed by atoms with Gasteiger partial charge in [-0.05, 0) is 30.7 Å². The highest BCUT2D eigenvalue weighted by Crippen LogP contribution is 2.43. The van der Waals surface area contributed by atoms with E-state index in [1.165, 1.54) is 0 Å². The molecular formula is C24H21N3O2. The maximum absolute atomic E-state index is 13.1. The summed E-state index contributed by atoms with van der Waals surface area (Å²) in [5.41, 5.74) is 3.82. The van der Waals surface area contributed by atoms with Crippen LogP contribution in [0.15, 0.2) is 72.8 Å². The zero-order valence-corrected chi connectivity index (χ0v) is 15.9. The SMILES string of the molecule is O=C(NCCCc1nc2ccccc2[nH]1)C1c2ccccc2Oc2ccccc21. The number of para-hydroxylation sites is 4. The number of fused-ring (bicyclic) bond motifs is 3. The van der Waals surface area contributed by atoms with Crippen molar-refractivity contribution in [3.63, 3.8) is 0 Å². The van der Waals surface area contributed by atoms with Gasteiger partial charge in [-0.1, -0.05) is 48.5 Å². The van der Waals surface area contributed by atoms with Crippen molar-refractivity contribution < 1.29 is 9.53 Å². The van der Waals surface area contributed by atoms with Crippen molar-refractivity contribution in [1.29, 1.82) is 0 Å². The Balaban J connectivity index is 1.27. The fourth-order valence-electron chi connectivity index (χ4n) is 3.89. The minimum absolute atomic E-state index is 0.00203. The van der Waals surface area contributed by atoms with Crippen LogP contribution in [-0.2, 0) is 11.2 Å². The fraction of sp³-hybridized carbons (Fsp3) is 0.167. The lowest BCUT2D eigenvalue weighted by molar-refractivity contribution is -0.121. The number of nitrogens with zero attached hydrogens (tertiary/aromatic N) is 1. The molecule has 5 nitrogen and oxygen atoms in total. The van der Waals surface area contributed by atoms with E-state index in [0.29, 0.717) is 6.54 Å². The van der Waals surface area contributed by atoms with Crippen molar-refractivity contribution >= 4 is 16.9 Å². The molecule has 3 aromatic carbocycles. The predicted molar refractivity (Wildman–Crippen MR) is 112 cm³/mol. The molecule has 1 aliphatic heterocycles. The first kappa shape index (κ1) is 17.5. The normalized spacial score (nSPS) is 12.8. The van der Waals surface area contributed by atoms with Gasteiger partial charge in [0.15, 0.2) is 0 Å². The summed E-state index contributed by atoms with van der Waals surface area (Å²) in [4.78, 5) is 21.0. The van der Waals surface area contributed by atoms with Crippen molar-refractivity contribution in [2.75, 3.05) is 6.54 Å². The highest BCUT2D eigenvalue weighted by atomic mass is 16.5. The molecule has 0 aliphatic carbocycles. The number of hydrogen-bond donors (Lipinski definition) is 2. The molecule has 0 saturated heterocycles. The Morgan fingerprint density at radius 1 is 0.931 bits per heavy atom. The summed E-state index contributed by atoms with van der Waals surface area (Å²) in [6.07, 6.45) is 1.61. The maximum Gasteiger partial charge on any atom is 0.232 e. The molecule has 0 radical (unpaired) electrons. The molecule has 0 fully saturated rings. The standard InChI is InChI=1S/C24H21N3O2/c28-24(25-15-7-14-22-26-18-10-3-4-11-19(18)27-22)23-16-8-1-5-12-20(16)29-21-13-6-2-9-17(21)23/h1-6,8-13,23H,7,14-15H2,(H,25,28)(H,26,27). The summed E-state index contributed by atoms with van der Waals surface area (Å²) in [6, 6.07) is 23.5. The summed E-state index contributed by atoms with van der Waals surface area (Å²) in [7, 11) is 0. The molecule has 29 heavy (non-hydrogen) atoms. The van der Waals surface area contributed by atoms with Crippen LogP contribution in [0.3, 0.4) is 0 Å². The third-order valence-corrected chi connectivity index (χ3v) is 5.27. The summed E-state index contributed by atoms with van der Waals surface area (Å²) in [5.74, 6) is 2.07. The van der Waals surface area contributed by atoms with Crippen LogP contribution in [0, 0.1) is 0 Å². The third-order valence-electron chi connectivity index (χ3n) is 5.27. The van der Waals surface area contributed by atoms with E-state index in [-0.39, 0.29) is 11.8 Å². The van der Waals surface area contributed by atoms with E-state index in [1.807, 2.05) is 72.8 Å². The van der Waals surface area contributed by atoms with E-state index in [4.69, 9.17) is 4.74 Å². The molecule has 1 aromatic heterocycles. The molecular weight excluding hydrogens is 362 g/mol. The van der Waals surface area contributed by atoms with Crippen molar-refractivity contribution in [3.05, 3.63) is 89.7 Å². The number of aromatic nitrogens is 2. The molecule has 5 heteroatoms. The molecule has 1 amide bonds. The number of imidazole rings is 1. The van der Waals surface area contributed by atoms with Crippen LogP contribution in [0.5, 0.6) is 11.5 Å². The molecule has 0 atom stereocenters. The number of H-pyrrole nitrogens is 1. The van der Waals surface area contributed by atoms with Crippen molar-refractivity contribution in [2.45, 2.75) is 18.8 Å². The number of aryl methyl sites for hydroxylation is 1. The first-order valence-corrected chi connectivity index (χ1v) is 9.86. The van der Waals surface area contributed by atoms with Gasteiger partial charge in [-0.25, -0.2) is 4.98 Å². The minimum atomic E-state index is -0.359. The highest BCUT2D eigenvalue weighted by molar-refractivity contribution is 5.89. The van der Waals surface area contributed by atoms with Gasteiger partial charge < -0.3 is 15.0 Å². The van der Waals surface area contributed by atoms with Crippen LogP contribution in [-0.4, -0.2) is 22.4 Å². The lowest BCUT2D eigenvalue weighted by Gasteiger charge is -2.27. The topological polar surface area (TPSA) is 67.0 Å². The van der Waals surface area contributed by atoms with Gasteiger partial charge >= 0.3 is 0 Å². The Labute approximate surface area is 168 Å². The van der Waals surface area contributed by atoms with Crippen LogP contribution >= 0.6 is 0 Å². The number of nitrogens with one attached hydrogen (secondary N) is 2. The number of rotatable bonds is 5. The van der Waals surface area contributed by atoms with Crippen LogP contribution in [0.4, 0.5) is 0 Å². The van der Waals surface area contributed by atoms with Crippen molar-refractivity contribution in [1.82, 2.24) is 15.3 Å². The Morgan fingerprint density at radius 2 is 1.59 bits per heavy atom. The number of aromatic amines is 1.